The van der Waals surface area contributed by atoms with Crippen LogP contribution in [0.5, 0.6) is 0 Å². The number of aliphatic carboxylic acids is 1. The van der Waals surface area contributed by atoms with Crippen LogP contribution in [0.15, 0.2) is 36.4 Å². The van der Waals surface area contributed by atoms with Gasteiger partial charge in [-0.1, -0.05) is 56.9 Å². The maximum atomic E-state index is 12.3. The highest BCUT2D eigenvalue weighted by Gasteiger charge is 2.14. The summed E-state index contributed by atoms with van der Waals surface area (Å²) in [5.74, 6) is -1.11. The smallest absolute Gasteiger partial charge is 0.310 e. The largest absolute Gasteiger partial charge is 0.481 e. The van der Waals surface area contributed by atoms with E-state index in [2.05, 4.69) is 19.1 Å². The number of carboxylic acid groups (broad SMARTS) is 1. The van der Waals surface area contributed by atoms with Gasteiger partial charge in [0.2, 0.25) is 5.91 Å². The molecule has 1 heterocycles. The fourth-order valence-corrected chi connectivity index (χ4v) is 4.16. The number of thiophene rings is 1. The van der Waals surface area contributed by atoms with Crippen molar-refractivity contribution >= 4 is 23.2 Å². The van der Waals surface area contributed by atoms with E-state index in [4.69, 9.17) is 5.11 Å². The van der Waals surface area contributed by atoms with Crippen molar-refractivity contribution in [2.24, 2.45) is 0 Å². The van der Waals surface area contributed by atoms with Gasteiger partial charge in [0, 0.05) is 23.2 Å². The highest BCUT2D eigenvalue weighted by atomic mass is 32.1. The molecule has 0 bridgehead atoms. The minimum absolute atomic E-state index is 0.207. The van der Waals surface area contributed by atoms with Crippen molar-refractivity contribution < 1.29 is 14.7 Å². The predicted octanol–water partition coefficient (Wildman–Crippen LogP) is 5.92. The van der Waals surface area contributed by atoms with Gasteiger partial charge in [0.1, 0.15) is 0 Å². The number of benzene rings is 1. The summed E-state index contributed by atoms with van der Waals surface area (Å²) in [7, 11) is 1.87. The number of rotatable bonds is 11. The first-order chi connectivity index (χ1) is 13.4. The Labute approximate surface area is 172 Å². The standard InChI is InChI=1S/C23H31NO3S/c1-4-5-6-7-8-9-22(25)24(3)16-20-14-15-21(28-20)19-12-10-18(11-13-19)17(2)23(26)27/h10-15,17H,4-9,16H2,1-3H3,(H,26,27). The van der Waals surface area contributed by atoms with Gasteiger partial charge >= 0.3 is 5.97 Å². The second-order valence-electron chi connectivity index (χ2n) is 7.36. The molecule has 4 nitrogen and oxygen atoms in total. The first kappa shape index (κ1) is 22.2. The Kier molecular flexibility index (Phi) is 8.71. The Morgan fingerprint density at radius 2 is 1.71 bits per heavy atom. The summed E-state index contributed by atoms with van der Waals surface area (Å²) in [5, 5.41) is 9.12. The van der Waals surface area contributed by atoms with Gasteiger partial charge in [0.25, 0.3) is 0 Å². The zero-order chi connectivity index (χ0) is 20.5. The Morgan fingerprint density at radius 3 is 2.36 bits per heavy atom. The van der Waals surface area contributed by atoms with Crippen molar-refractivity contribution in [1.82, 2.24) is 4.90 Å². The molecule has 0 aliphatic carbocycles. The van der Waals surface area contributed by atoms with Crippen LogP contribution in [0.2, 0.25) is 0 Å². The van der Waals surface area contributed by atoms with Crippen molar-refractivity contribution in [3.8, 4) is 10.4 Å². The zero-order valence-electron chi connectivity index (χ0n) is 17.1. The highest BCUT2D eigenvalue weighted by Crippen LogP contribution is 2.30. The molecule has 0 spiro atoms. The van der Waals surface area contributed by atoms with E-state index < -0.39 is 11.9 Å². The van der Waals surface area contributed by atoms with Crippen molar-refractivity contribution in [2.75, 3.05) is 7.05 Å². The van der Waals surface area contributed by atoms with Crippen LogP contribution in [0.3, 0.4) is 0 Å². The number of nitrogens with zero attached hydrogens (tertiary/aromatic N) is 1. The number of carbonyl (C=O) groups excluding carboxylic acids is 1. The maximum absolute atomic E-state index is 12.3. The molecule has 2 aromatic rings. The summed E-state index contributed by atoms with van der Waals surface area (Å²) >= 11 is 1.68. The molecule has 1 N–H and O–H groups in total. The normalized spacial score (nSPS) is 12.0. The molecule has 0 saturated carbocycles. The molecule has 1 aromatic carbocycles. The third-order valence-corrected chi connectivity index (χ3v) is 6.16. The number of hydrogen-bond acceptors (Lipinski definition) is 3. The van der Waals surface area contributed by atoms with Crippen LogP contribution in [0.1, 0.15) is 68.7 Å². The summed E-state index contributed by atoms with van der Waals surface area (Å²) in [5.41, 5.74) is 1.87. The molecule has 1 unspecified atom stereocenters. The summed E-state index contributed by atoms with van der Waals surface area (Å²) in [6.07, 6.45) is 6.41. The molecule has 0 aliphatic heterocycles. The number of unbranched alkanes of at least 4 members (excludes halogenated alkanes) is 4. The van der Waals surface area contributed by atoms with Crippen LogP contribution >= 0.6 is 11.3 Å². The minimum Gasteiger partial charge on any atom is -0.481 e. The monoisotopic (exact) mass is 401 g/mol. The fourth-order valence-electron chi connectivity index (χ4n) is 3.09. The Hall–Kier alpha value is -2.14. The highest BCUT2D eigenvalue weighted by molar-refractivity contribution is 7.15. The van der Waals surface area contributed by atoms with Gasteiger partial charge < -0.3 is 10.0 Å². The van der Waals surface area contributed by atoms with Gasteiger partial charge in [0.15, 0.2) is 0 Å². The van der Waals surface area contributed by atoms with E-state index in [0.717, 1.165) is 33.7 Å². The Bertz CT molecular complexity index is 766. The van der Waals surface area contributed by atoms with Gasteiger partial charge in [-0.3, -0.25) is 9.59 Å². The molecule has 152 valence electrons. The molecular formula is C23H31NO3S. The number of amides is 1. The van der Waals surface area contributed by atoms with Crippen molar-refractivity contribution in [3.05, 3.63) is 46.8 Å². The van der Waals surface area contributed by atoms with E-state index in [9.17, 15) is 9.59 Å². The molecule has 0 radical (unpaired) electrons. The fraction of sp³-hybridized carbons (Fsp3) is 0.478. The van der Waals surface area contributed by atoms with E-state index in [1.807, 2.05) is 36.2 Å². The maximum Gasteiger partial charge on any atom is 0.310 e. The number of hydrogen-bond donors (Lipinski definition) is 1. The SMILES string of the molecule is CCCCCCCC(=O)N(C)Cc1ccc(-c2ccc(C(C)C(=O)O)cc2)s1. The minimum atomic E-state index is -0.816. The van der Waals surface area contributed by atoms with Crippen LogP contribution < -0.4 is 0 Å². The van der Waals surface area contributed by atoms with E-state index in [-0.39, 0.29) is 5.91 Å². The van der Waals surface area contributed by atoms with Crippen LogP contribution in [-0.2, 0) is 16.1 Å². The number of carboxylic acids is 1. The predicted molar refractivity (Wildman–Crippen MR) is 116 cm³/mol. The van der Waals surface area contributed by atoms with Gasteiger partial charge in [-0.15, -0.1) is 11.3 Å². The van der Waals surface area contributed by atoms with Crippen molar-refractivity contribution in [3.63, 3.8) is 0 Å². The molecule has 0 aliphatic rings. The van der Waals surface area contributed by atoms with Crippen molar-refractivity contribution in [1.29, 1.82) is 0 Å². The first-order valence-electron chi connectivity index (χ1n) is 10.1. The molecule has 0 fully saturated rings. The van der Waals surface area contributed by atoms with Crippen LogP contribution in [0, 0.1) is 0 Å². The van der Waals surface area contributed by atoms with Crippen LogP contribution in [0.4, 0.5) is 0 Å². The molecule has 1 atom stereocenters. The lowest BCUT2D eigenvalue weighted by Crippen LogP contribution is -2.25. The summed E-state index contributed by atoms with van der Waals surface area (Å²) in [6.45, 7) is 4.52. The van der Waals surface area contributed by atoms with E-state index in [1.165, 1.54) is 19.3 Å². The first-order valence-corrected chi connectivity index (χ1v) is 10.9. The molecule has 5 heteroatoms. The Balaban J connectivity index is 1.89. The van der Waals surface area contributed by atoms with E-state index in [1.54, 1.807) is 18.3 Å². The molecule has 1 amide bonds. The second kappa shape index (κ2) is 11.0. The van der Waals surface area contributed by atoms with Crippen molar-refractivity contribution in [2.45, 2.75) is 64.8 Å². The molecule has 2 rings (SSSR count). The van der Waals surface area contributed by atoms with Gasteiger partial charge in [-0.05, 0) is 36.6 Å². The summed E-state index contributed by atoms with van der Waals surface area (Å²) < 4.78 is 0. The third kappa shape index (κ3) is 6.48. The van der Waals surface area contributed by atoms with Gasteiger partial charge in [-0.25, -0.2) is 0 Å². The molecule has 28 heavy (non-hydrogen) atoms. The molecule has 0 saturated heterocycles. The average Bonchev–Trinajstić information content (AvgIpc) is 3.15. The second-order valence-corrected chi connectivity index (χ2v) is 8.53. The van der Waals surface area contributed by atoms with Crippen LogP contribution in [-0.4, -0.2) is 28.9 Å². The van der Waals surface area contributed by atoms with Gasteiger partial charge in [-0.2, -0.15) is 0 Å². The van der Waals surface area contributed by atoms with Gasteiger partial charge in [0.05, 0.1) is 12.5 Å². The van der Waals surface area contributed by atoms with E-state index >= 15 is 0 Å². The summed E-state index contributed by atoms with van der Waals surface area (Å²) in [4.78, 5) is 27.5. The number of carbonyl (C=O) groups is 2. The zero-order valence-corrected chi connectivity index (χ0v) is 17.9. The lowest BCUT2D eigenvalue weighted by Gasteiger charge is -2.16. The topological polar surface area (TPSA) is 57.6 Å². The Morgan fingerprint density at radius 1 is 1.04 bits per heavy atom. The molecular weight excluding hydrogens is 370 g/mol. The lowest BCUT2D eigenvalue weighted by atomic mass is 10.00. The van der Waals surface area contributed by atoms with E-state index in [0.29, 0.717) is 13.0 Å². The lowest BCUT2D eigenvalue weighted by molar-refractivity contribution is -0.138. The van der Waals surface area contributed by atoms with Crippen LogP contribution in [0.25, 0.3) is 10.4 Å². The third-order valence-electron chi connectivity index (χ3n) is 5.04. The summed E-state index contributed by atoms with van der Waals surface area (Å²) in [6, 6.07) is 11.8. The molecule has 1 aromatic heterocycles. The average molecular weight is 402 g/mol. The quantitative estimate of drug-likeness (QED) is 0.475.